The van der Waals surface area contributed by atoms with Gasteiger partial charge in [-0.2, -0.15) is 0 Å². The number of hydrogen-bond donors (Lipinski definition) is 1. The van der Waals surface area contributed by atoms with Crippen LogP contribution in [0.4, 0.5) is 0 Å². The molecule has 0 aliphatic heterocycles. The summed E-state index contributed by atoms with van der Waals surface area (Å²) in [7, 11) is 0. The van der Waals surface area contributed by atoms with Crippen LogP contribution >= 0.6 is 23.4 Å². The van der Waals surface area contributed by atoms with E-state index in [1.165, 1.54) is 18.0 Å². The van der Waals surface area contributed by atoms with Gasteiger partial charge in [-0.1, -0.05) is 37.2 Å². The summed E-state index contributed by atoms with van der Waals surface area (Å²) >= 11 is 7.30. The third-order valence-corrected chi connectivity index (χ3v) is 3.28. The molecule has 0 saturated carbocycles. The molecule has 0 aliphatic carbocycles. The van der Waals surface area contributed by atoms with E-state index >= 15 is 0 Å². The second-order valence-corrected chi connectivity index (χ2v) is 4.72. The van der Waals surface area contributed by atoms with E-state index in [0.29, 0.717) is 5.16 Å². The number of nitrogens with zero attached hydrogens (tertiary/aromatic N) is 2. The van der Waals surface area contributed by atoms with Gasteiger partial charge in [0.15, 0.2) is 10.9 Å². The number of aromatic nitrogens is 2. The number of halogens is 1. The second kappa shape index (κ2) is 6.81. The van der Waals surface area contributed by atoms with Gasteiger partial charge in [-0.05, 0) is 19.1 Å². The predicted octanol–water partition coefficient (Wildman–Crippen LogP) is 2.77. The maximum absolute atomic E-state index is 12.0. The van der Waals surface area contributed by atoms with Crippen LogP contribution in [0.15, 0.2) is 11.4 Å². The second-order valence-electron chi connectivity index (χ2n) is 3.54. The molecule has 0 saturated heterocycles. The minimum atomic E-state index is -0.235. The van der Waals surface area contributed by atoms with Crippen molar-refractivity contribution in [2.45, 2.75) is 37.9 Å². The zero-order chi connectivity index (χ0) is 12.8. The highest BCUT2D eigenvalue weighted by atomic mass is 35.5. The third kappa shape index (κ3) is 3.85. The minimum absolute atomic E-state index is 0.159. The first-order valence-corrected chi connectivity index (χ1v) is 7.10. The van der Waals surface area contributed by atoms with Crippen molar-refractivity contribution in [3.8, 4) is 0 Å². The van der Waals surface area contributed by atoms with E-state index in [4.69, 9.17) is 11.6 Å². The number of carbonyl (C=O) groups is 1. The fourth-order valence-corrected chi connectivity index (χ4v) is 1.87. The number of thioether (sulfide) groups is 1. The largest absolute Gasteiger partial charge is 0.348 e. The average molecular weight is 274 g/mol. The van der Waals surface area contributed by atoms with Crippen LogP contribution < -0.4 is 5.32 Å². The summed E-state index contributed by atoms with van der Waals surface area (Å²) in [6.07, 6.45) is 5.09. The Morgan fingerprint density at radius 2 is 2.18 bits per heavy atom. The first-order valence-electron chi connectivity index (χ1n) is 5.49. The summed E-state index contributed by atoms with van der Waals surface area (Å²) in [5.41, 5.74) is 0.248. The number of amides is 1. The normalized spacial score (nSPS) is 10.6. The zero-order valence-corrected chi connectivity index (χ0v) is 11.7. The van der Waals surface area contributed by atoms with Gasteiger partial charge in [0.25, 0.3) is 5.91 Å². The van der Waals surface area contributed by atoms with Crippen molar-refractivity contribution < 1.29 is 4.79 Å². The summed E-state index contributed by atoms with van der Waals surface area (Å²) in [6, 6.07) is 0.159. The Hall–Kier alpha value is -0.810. The molecule has 0 spiro atoms. The molecule has 1 aromatic rings. The average Bonchev–Trinajstić information content (AvgIpc) is 2.36. The van der Waals surface area contributed by atoms with E-state index in [-0.39, 0.29) is 22.7 Å². The molecule has 0 aromatic carbocycles. The summed E-state index contributed by atoms with van der Waals surface area (Å²) < 4.78 is 0. The van der Waals surface area contributed by atoms with Gasteiger partial charge < -0.3 is 5.32 Å². The van der Waals surface area contributed by atoms with E-state index < -0.39 is 0 Å². The number of carbonyl (C=O) groups excluding carboxylic acids is 1. The molecule has 0 radical (unpaired) electrons. The Bertz CT molecular complexity index is 396. The molecule has 0 atom stereocenters. The lowest BCUT2D eigenvalue weighted by atomic mass is 10.1. The maximum Gasteiger partial charge on any atom is 0.271 e. The fourth-order valence-electron chi connectivity index (χ4n) is 1.36. The van der Waals surface area contributed by atoms with Crippen LogP contribution in [-0.2, 0) is 0 Å². The summed E-state index contributed by atoms with van der Waals surface area (Å²) in [5.74, 6) is -0.235. The molecule has 1 heterocycles. The monoisotopic (exact) mass is 273 g/mol. The van der Waals surface area contributed by atoms with Crippen molar-refractivity contribution in [3.05, 3.63) is 16.9 Å². The summed E-state index contributed by atoms with van der Waals surface area (Å²) in [5, 5.41) is 3.73. The molecule has 6 heteroatoms. The van der Waals surface area contributed by atoms with Crippen LogP contribution in [0.3, 0.4) is 0 Å². The van der Waals surface area contributed by atoms with E-state index in [0.717, 1.165) is 12.8 Å². The van der Waals surface area contributed by atoms with Gasteiger partial charge >= 0.3 is 0 Å². The van der Waals surface area contributed by atoms with Gasteiger partial charge in [-0.15, -0.1) is 0 Å². The molecule has 0 fully saturated rings. The van der Waals surface area contributed by atoms with Crippen LogP contribution in [0, 0.1) is 0 Å². The molecule has 1 aromatic heterocycles. The lowest BCUT2D eigenvalue weighted by Gasteiger charge is -2.14. The SMILES string of the molecule is CCC(CC)NC(=O)c1nc(SC)ncc1Cl. The van der Waals surface area contributed by atoms with Gasteiger partial charge in [0.1, 0.15) is 0 Å². The third-order valence-electron chi connectivity index (χ3n) is 2.44. The Kier molecular flexibility index (Phi) is 5.71. The summed E-state index contributed by atoms with van der Waals surface area (Å²) in [4.78, 5) is 20.1. The van der Waals surface area contributed by atoms with Crippen molar-refractivity contribution in [1.29, 1.82) is 0 Å². The minimum Gasteiger partial charge on any atom is -0.348 e. The van der Waals surface area contributed by atoms with E-state index in [9.17, 15) is 4.79 Å². The molecule has 1 N–H and O–H groups in total. The van der Waals surface area contributed by atoms with Crippen molar-refractivity contribution >= 4 is 29.3 Å². The predicted molar refractivity (Wildman–Crippen MR) is 70.7 cm³/mol. The molecular formula is C11H16ClN3OS. The molecule has 1 amide bonds. The summed E-state index contributed by atoms with van der Waals surface area (Å²) in [6.45, 7) is 4.06. The van der Waals surface area contributed by atoms with Crippen molar-refractivity contribution in [3.63, 3.8) is 0 Å². The zero-order valence-electron chi connectivity index (χ0n) is 10.2. The van der Waals surface area contributed by atoms with Crippen molar-refractivity contribution in [1.82, 2.24) is 15.3 Å². The number of hydrogen-bond acceptors (Lipinski definition) is 4. The first kappa shape index (κ1) is 14.3. The molecule has 0 bridgehead atoms. The van der Waals surface area contributed by atoms with Crippen LogP contribution in [0.5, 0.6) is 0 Å². The topological polar surface area (TPSA) is 54.9 Å². The number of rotatable bonds is 5. The van der Waals surface area contributed by atoms with Gasteiger partial charge in [-0.25, -0.2) is 9.97 Å². The van der Waals surface area contributed by atoms with Gasteiger partial charge in [0.05, 0.1) is 11.2 Å². The highest BCUT2D eigenvalue weighted by molar-refractivity contribution is 7.98. The number of nitrogens with one attached hydrogen (secondary N) is 1. The lowest BCUT2D eigenvalue weighted by molar-refractivity contribution is 0.0929. The highest BCUT2D eigenvalue weighted by Crippen LogP contribution is 2.16. The molecule has 0 aliphatic rings. The van der Waals surface area contributed by atoms with Crippen LogP contribution in [0.1, 0.15) is 37.2 Å². The van der Waals surface area contributed by atoms with E-state index in [1.807, 2.05) is 20.1 Å². The van der Waals surface area contributed by atoms with Gasteiger partial charge in [-0.3, -0.25) is 4.79 Å². The van der Waals surface area contributed by atoms with Gasteiger partial charge in [0, 0.05) is 6.04 Å². The molecular weight excluding hydrogens is 258 g/mol. The molecule has 17 heavy (non-hydrogen) atoms. The van der Waals surface area contributed by atoms with Crippen molar-refractivity contribution in [2.75, 3.05) is 6.26 Å². The lowest BCUT2D eigenvalue weighted by Crippen LogP contribution is -2.34. The van der Waals surface area contributed by atoms with Crippen molar-refractivity contribution in [2.24, 2.45) is 0 Å². The quantitative estimate of drug-likeness (QED) is 0.662. The molecule has 1 rings (SSSR count). The highest BCUT2D eigenvalue weighted by Gasteiger charge is 2.16. The van der Waals surface area contributed by atoms with Gasteiger partial charge in [0.2, 0.25) is 0 Å². The first-order chi connectivity index (χ1) is 8.12. The molecule has 94 valence electrons. The van der Waals surface area contributed by atoms with Crippen LogP contribution in [0.2, 0.25) is 5.02 Å². The smallest absolute Gasteiger partial charge is 0.271 e. The van der Waals surface area contributed by atoms with Crippen LogP contribution in [-0.4, -0.2) is 28.2 Å². The fraction of sp³-hybridized carbons (Fsp3) is 0.545. The van der Waals surface area contributed by atoms with E-state index in [1.54, 1.807) is 0 Å². The maximum atomic E-state index is 12.0. The molecule has 0 unspecified atom stereocenters. The Morgan fingerprint density at radius 1 is 1.53 bits per heavy atom. The standard InChI is InChI=1S/C11H16ClN3OS/c1-4-7(5-2)14-10(16)9-8(12)6-13-11(15-9)17-3/h6-7H,4-5H2,1-3H3,(H,14,16). The molecule has 4 nitrogen and oxygen atoms in total. The Labute approximate surface area is 111 Å². The Balaban J connectivity index is 2.87. The van der Waals surface area contributed by atoms with Crippen LogP contribution in [0.25, 0.3) is 0 Å². The van der Waals surface area contributed by atoms with E-state index in [2.05, 4.69) is 15.3 Å². The Morgan fingerprint density at radius 3 is 2.71 bits per heavy atom.